The number of methoxy groups -OCH3 is 1. The fourth-order valence-electron chi connectivity index (χ4n) is 3.97. The van der Waals surface area contributed by atoms with Crippen LogP contribution in [-0.4, -0.2) is 25.0 Å². The molecule has 2 aliphatic heterocycles. The standard InChI is InChI=1S/C22H18N2O4S/c1-27-16-10-5-9-15(13-16)23-21(25)18-19(17-11-6-12-29-17)24(28-20(18)22(23)26)14-7-3-2-4-8-14/h2-13,18-20H,1H3/t18-,19+,20-/m0/s1. The smallest absolute Gasteiger partial charge is 0.266 e. The Morgan fingerprint density at radius 3 is 2.45 bits per heavy atom. The molecule has 3 heterocycles. The minimum Gasteiger partial charge on any atom is -0.497 e. The molecule has 0 bridgehead atoms. The van der Waals surface area contributed by atoms with E-state index in [0.717, 1.165) is 10.6 Å². The topological polar surface area (TPSA) is 59.1 Å². The van der Waals surface area contributed by atoms with Crippen LogP contribution < -0.4 is 14.7 Å². The van der Waals surface area contributed by atoms with Crippen molar-refractivity contribution >= 4 is 34.5 Å². The molecule has 1 aromatic heterocycles. The predicted molar refractivity (Wildman–Crippen MR) is 110 cm³/mol. The number of amides is 2. The van der Waals surface area contributed by atoms with Gasteiger partial charge in [-0.15, -0.1) is 11.3 Å². The van der Waals surface area contributed by atoms with Gasteiger partial charge in [0.15, 0.2) is 6.10 Å². The number of nitrogens with zero attached hydrogens (tertiary/aromatic N) is 2. The SMILES string of the molecule is COc1cccc(N2C(=O)[C@@H]3[C@H](ON(c4ccccc4)[C@@H]3c3cccs3)C2=O)c1. The van der Waals surface area contributed by atoms with Crippen molar-refractivity contribution in [2.75, 3.05) is 17.1 Å². The number of anilines is 2. The van der Waals surface area contributed by atoms with E-state index < -0.39 is 12.0 Å². The van der Waals surface area contributed by atoms with Gasteiger partial charge in [0.25, 0.3) is 5.91 Å². The van der Waals surface area contributed by atoms with Crippen LogP contribution in [0.4, 0.5) is 11.4 Å². The van der Waals surface area contributed by atoms with Crippen molar-refractivity contribution in [2.45, 2.75) is 12.1 Å². The lowest BCUT2D eigenvalue weighted by molar-refractivity contribution is -0.126. The monoisotopic (exact) mass is 406 g/mol. The van der Waals surface area contributed by atoms with E-state index in [2.05, 4.69) is 0 Å². The number of carbonyl (C=O) groups is 2. The summed E-state index contributed by atoms with van der Waals surface area (Å²) in [5.74, 6) is -0.646. The van der Waals surface area contributed by atoms with Crippen LogP contribution in [0.2, 0.25) is 0 Å². The number of hydroxylamine groups is 1. The van der Waals surface area contributed by atoms with Gasteiger partial charge in [-0.3, -0.25) is 14.4 Å². The number of para-hydroxylation sites is 1. The summed E-state index contributed by atoms with van der Waals surface area (Å²) in [5.41, 5.74) is 1.31. The van der Waals surface area contributed by atoms with Gasteiger partial charge in [-0.25, -0.2) is 9.96 Å². The lowest BCUT2D eigenvalue weighted by Crippen LogP contribution is -2.37. The Bertz CT molecular complexity index is 1050. The summed E-state index contributed by atoms with van der Waals surface area (Å²) in [5, 5.41) is 3.67. The second kappa shape index (κ2) is 7.02. The van der Waals surface area contributed by atoms with Crippen molar-refractivity contribution < 1.29 is 19.2 Å². The van der Waals surface area contributed by atoms with E-state index in [1.807, 2.05) is 47.8 Å². The molecule has 0 N–H and O–H groups in total. The Kier molecular flexibility index (Phi) is 4.34. The van der Waals surface area contributed by atoms with Crippen LogP contribution in [-0.2, 0) is 14.4 Å². The number of benzene rings is 2. The van der Waals surface area contributed by atoms with Crippen LogP contribution >= 0.6 is 11.3 Å². The first kappa shape index (κ1) is 17.9. The molecular formula is C22H18N2O4S. The third-order valence-electron chi connectivity index (χ3n) is 5.27. The summed E-state index contributed by atoms with van der Waals surface area (Å²) < 4.78 is 5.25. The highest BCUT2D eigenvalue weighted by atomic mass is 32.1. The summed E-state index contributed by atoms with van der Waals surface area (Å²) in [7, 11) is 1.55. The molecule has 3 aromatic rings. The minimum absolute atomic E-state index is 0.259. The van der Waals surface area contributed by atoms with Gasteiger partial charge in [0.1, 0.15) is 17.7 Å². The summed E-state index contributed by atoms with van der Waals surface area (Å²) in [6.45, 7) is 0. The van der Waals surface area contributed by atoms with Crippen LogP contribution in [0, 0.1) is 5.92 Å². The van der Waals surface area contributed by atoms with E-state index in [0.29, 0.717) is 11.4 Å². The zero-order valence-corrected chi connectivity index (χ0v) is 16.4. The lowest BCUT2D eigenvalue weighted by Gasteiger charge is -2.27. The van der Waals surface area contributed by atoms with Crippen molar-refractivity contribution in [3.05, 3.63) is 77.0 Å². The van der Waals surface area contributed by atoms with Crippen LogP contribution in [0.25, 0.3) is 0 Å². The first-order valence-electron chi connectivity index (χ1n) is 9.25. The highest BCUT2D eigenvalue weighted by molar-refractivity contribution is 7.10. The fraction of sp³-hybridized carbons (Fsp3) is 0.182. The average molecular weight is 406 g/mol. The number of thiophene rings is 1. The lowest BCUT2D eigenvalue weighted by atomic mass is 9.95. The molecule has 5 rings (SSSR count). The molecule has 2 saturated heterocycles. The van der Waals surface area contributed by atoms with Crippen LogP contribution in [0.15, 0.2) is 72.1 Å². The maximum Gasteiger partial charge on any atom is 0.266 e. The molecule has 0 spiro atoms. The Balaban J connectivity index is 1.56. The fourth-order valence-corrected chi connectivity index (χ4v) is 4.82. The number of imide groups is 1. The predicted octanol–water partition coefficient (Wildman–Crippen LogP) is 3.81. The first-order valence-corrected chi connectivity index (χ1v) is 10.1. The number of ether oxygens (including phenoxy) is 1. The Morgan fingerprint density at radius 2 is 1.72 bits per heavy atom. The van der Waals surface area contributed by atoms with Crippen molar-refractivity contribution in [3.63, 3.8) is 0 Å². The molecule has 2 aromatic carbocycles. The van der Waals surface area contributed by atoms with Gasteiger partial charge < -0.3 is 4.74 Å². The number of hydrogen-bond donors (Lipinski definition) is 0. The largest absolute Gasteiger partial charge is 0.497 e. The number of rotatable bonds is 4. The second-order valence-corrected chi connectivity index (χ2v) is 7.87. The van der Waals surface area contributed by atoms with E-state index in [9.17, 15) is 9.59 Å². The Morgan fingerprint density at radius 1 is 0.931 bits per heavy atom. The number of fused-ring (bicyclic) bond motifs is 1. The van der Waals surface area contributed by atoms with Gasteiger partial charge in [-0.05, 0) is 35.7 Å². The summed E-state index contributed by atoms with van der Waals surface area (Å²) in [4.78, 5) is 34.9. The molecule has 0 radical (unpaired) electrons. The normalized spacial score (nSPS) is 23.6. The quantitative estimate of drug-likeness (QED) is 0.617. The summed E-state index contributed by atoms with van der Waals surface area (Å²) >= 11 is 1.55. The van der Waals surface area contributed by atoms with Crippen LogP contribution in [0.3, 0.4) is 0 Å². The maximum absolute atomic E-state index is 13.4. The van der Waals surface area contributed by atoms with Gasteiger partial charge in [0, 0.05) is 10.9 Å². The minimum atomic E-state index is -0.860. The van der Waals surface area contributed by atoms with Crippen LogP contribution in [0.1, 0.15) is 10.9 Å². The second-order valence-electron chi connectivity index (χ2n) is 6.89. The zero-order valence-electron chi connectivity index (χ0n) is 15.6. The van der Waals surface area contributed by atoms with E-state index in [1.54, 1.807) is 47.8 Å². The molecule has 3 atom stereocenters. The Labute approximate surface area is 171 Å². The molecule has 6 nitrogen and oxygen atoms in total. The van der Waals surface area contributed by atoms with Gasteiger partial charge in [0.2, 0.25) is 5.91 Å². The molecular weight excluding hydrogens is 388 g/mol. The van der Waals surface area contributed by atoms with Crippen molar-refractivity contribution in [2.24, 2.45) is 5.92 Å². The molecule has 2 amide bonds. The highest BCUT2D eigenvalue weighted by Gasteiger charge is 2.60. The first-order chi connectivity index (χ1) is 14.2. The zero-order chi connectivity index (χ0) is 20.0. The summed E-state index contributed by atoms with van der Waals surface area (Å²) in [6, 6.07) is 20.1. The molecule has 0 unspecified atom stereocenters. The molecule has 7 heteroatoms. The van der Waals surface area contributed by atoms with Gasteiger partial charge >= 0.3 is 0 Å². The number of hydrogen-bond acceptors (Lipinski definition) is 6. The summed E-state index contributed by atoms with van der Waals surface area (Å²) in [6.07, 6.45) is -0.860. The van der Waals surface area contributed by atoms with E-state index in [1.165, 1.54) is 4.90 Å². The third kappa shape index (κ3) is 2.82. The van der Waals surface area contributed by atoms with E-state index in [-0.39, 0.29) is 17.9 Å². The molecule has 0 aliphatic carbocycles. The maximum atomic E-state index is 13.4. The highest BCUT2D eigenvalue weighted by Crippen LogP contribution is 2.48. The van der Waals surface area contributed by atoms with Crippen LogP contribution in [0.5, 0.6) is 5.75 Å². The van der Waals surface area contributed by atoms with Gasteiger partial charge in [-0.1, -0.05) is 30.3 Å². The van der Waals surface area contributed by atoms with Gasteiger partial charge in [-0.2, -0.15) is 0 Å². The number of carbonyl (C=O) groups excluding carboxylic acids is 2. The molecule has 146 valence electrons. The Hall–Kier alpha value is -3.16. The molecule has 2 fully saturated rings. The average Bonchev–Trinajstić information content (AvgIpc) is 3.46. The molecule has 0 saturated carbocycles. The molecule has 2 aliphatic rings. The van der Waals surface area contributed by atoms with E-state index >= 15 is 0 Å². The molecule has 29 heavy (non-hydrogen) atoms. The van der Waals surface area contributed by atoms with Crippen molar-refractivity contribution in [1.29, 1.82) is 0 Å². The van der Waals surface area contributed by atoms with E-state index in [4.69, 9.17) is 9.57 Å². The van der Waals surface area contributed by atoms with Gasteiger partial charge in [0.05, 0.1) is 18.5 Å². The van der Waals surface area contributed by atoms with Crippen molar-refractivity contribution in [1.82, 2.24) is 0 Å². The third-order valence-corrected chi connectivity index (χ3v) is 6.22. The van der Waals surface area contributed by atoms with Crippen molar-refractivity contribution in [3.8, 4) is 5.75 Å².